The second-order valence-corrected chi connectivity index (χ2v) is 8.27. The van der Waals surface area contributed by atoms with E-state index in [-0.39, 0.29) is 17.9 Å². The minimum atomic E-state index is -0.583. The highest BCUT2D eigenvalue weighted by Gasteiger charge is 2.24. The lowest BCUT2D eigenvalue weighted by Gasteiger charge is -2.25. The van der Waals surface area contributed by atoms with Crippen LogP contribution in [0.15, 0.2) is 54.6 Å². The van der Waals surface area contributed by atoms with Gasteiger partial charge in [-0.15, -0.1) is 0 Å². The second kappa shape index (κ2) is 10.1. The smallest absolute Gasteiger partial charge is 0.407 e. The van der Waals surface area contributed by atoms with Gasteiger partial charge in [0.05, 0.1) is 13.0 Å². The molecule has 1 amide bonds. The number of ether oxygens (including phenoxy) is 2. The van der Waals surface area contributed by atoms with Crippen molar-refractivity contribution in [1.29, 1.82) is 0 Å². The van der Waals surface area contributed by atoms with Gasteiger partial charge in [-0.3, -0.25) is 4.79 Å². The van der Waals surface area contributed by atoms with Gasteiger partial charge in [-0.25, -0.2) is 4.79 Å². The SMILES string of the molecule is COC(=O)[C@@H](C)C[C@@H](Cc1ccc(-c2ccccc2)cc1)NC(=O)OC(C)(C)C. The third-order valence-corrected chi connectivity index (χ3v) is 4.51. The van der Waals surface area contributed by atoms with Crippen LogP contribution in [0.5, 0.6) is 0 Å². The molecule has 0 heterocycles. The van der Waals surface area contributed by atoms with Gasteiger partial charge in [-0.05, 0) is 50.3 Å². The van der Waals surface area contributed by atoms with Crippen LogP contribution in [-0.2, 0) is 20.7 Å². The summed E-state index contributed by atoms with van der Waals surface area (Å²) in [6.07, 6.45) is 0.572. The number of carbonyl (C=O) groups excluding carboxylic acids is 2. The number of hydrogen-bond acceptors (Lipinski definition) is 4. The molecule has 0 bridgehead atoms. The van der Waals surface area contributed by atoms with E-state index in [0.717, 1.165) is 16.7 Å². The van der Waals surface area contributed by atoms with Crippen LogP contribution in [0.3, 0.4) is 0 Å². The number of nitrogens with one attached hydrogen (secondary N) is 1. The van der Waals surface area contributed by atoms with Gasteiger partial charge in [0.25, 0.3) is 0 Å². The molecule has 0 aliphatic carbocycles. The van der Waals surface area contributed by atoms with Gasteiger partial charge < -0.3 is 14.8 Å². The highest BCUT2D eigenvalue weighted by Crippen LogP contribution is 2.21. The maximum Gasteiger partial charge on any atom is 0.407 e. The fraction of sp³-hybridized carbons (Fsp3) is 0.417. The molecule has 0 radical (unpaired) electrons. The van der Waals surface area contributed by atoms with Crippen molar-refractivity contribution >= 4 is 12.1 Å². The summed E-state index contributed by atoms with van der Waals surface area (Å²) in [6.45, 7) is 7.26. The zero-order valence-electron chi connectivity index (χ0n) is 17.9. The first kappa shape index (κ1) is 22.5. The summed E-state index contributed by atoms with van der Waals surface area (Å²) in [4.78, 5) is 24.1. The first-order chi connectivity index (χ1) is 13.7. The van der Waals surface area contributed by atoms with Crippen LogP contribution < -0.4 is 5.32 Å². The lowest BCUT2D eigenvalue weighted by molar-refractivity contribution is -0.145. The molecule has 29 heavy (non-hydrogen) atoms. The van der Waals surface area contributed by atoms with Crippen molar-refractivity contribution in [3.05, 3.63) is 60.2 Å². The quantitative estimate of drug-likeness (QED) is 0.669. The lowest BCUT2D eigenvalue weighted by atomic mass is 9.95. The number of benzene rings is 2. The molecule has 2 aromatic rings. The Hall–Kier alpha value is -2.82. The largest absolute Gasteiger partial charge is 0.469 e. The van der Waals surface area contributed by atoms with E-state index in [1.54, 1.807) is 6.92 Å². The average molecular weight is 398 g/mol. The molecule has 1 N–H and O–H groups in total. The van der Waals surface area contributed by atoms with Gasteiger partial charge in [0.2, 0.25) is 0 Å². The van der Waals surface area contributed by atoms with Crippen molar-refractivity contribution in [2.45, 2.75) is 52.2 Å². The fourth-order valence-corrected chi connectivity index (χ4v) is 3.14. The summed E-state index contributed by atoms with van der Waals surface area (Å²) < 4.78 is 10.2. The third-order valence-electron chi connectivity index (χ3n) is 4.51. The Morgan fingerprint density at radius 3 is 2.10 bits per heavy atom. The molecule has 2 atom stereocenters. The molecule has 5 nitrogen and oxygen atoms in total. The van der Waals surface area contributed by atoms with Crippen LogP contribution in [0.4, 0.5) is 4.79 Å². The van der Waals surface area contributed by atoms with E-state index in [1.165, 1.54) is 7.11 Å². The van der Waals surface area contributed by atoms with E-state index in [1.807, 2.05) is 39.0 Å². The maximum atomic E-state index is 12.3. The summed E-state index contributed by atoms with van der Waals surface area (Å²) in [5.41, 5.74) is 2.78. The molecule has 0 fully saturated rings. The summed E-state index contributed by atoms with van der Waals surface area (Å²) in [7, 11) is 1.37. The van der Waals surface area contributed by atoms with Crippen molar-refractivity contribution in [2.24, 2.45) is 5.92 Å². The monoisotopic (exact) mass is 397 g/mol. The predicted molar refractivity (Wildman–Crippen MR) is 115 cm³/mol. The Balaban J connectivity index is 2.11. The first-order valence-corrected chi connectivity index (χ1v) is 9.89. The topological polar surface area (TPSA) is 64.6 Å². The average Bonchev–Trinajstić information content (AvgIpc) is 2.67. The number of methoxy groups -OCH3 is 1. The predicted octanol–water partition coefficient (Wildman–Crippen LogP) is 4.99. The highest BCUT2D eigenvalue weighted by atomic mass is 16.6. The van der Waals surface area contributed by atoms with Crippen molar-refractivity contribution < 1.29 is 19.1 Å². The van der Waals surface area contributed by atoms with Gasteiger partial charge in [-0.2, -0.15) is 0 Å². The summed E-state index contributed by atoms with van der Waals surface area (Å²) in [5, 5.41) is 2.91. The number of carbonyl (C=O) groups is 2. The van der Waals surface area contributed by atoms with Crippen LogP contribution in [-0.4, -0.2) is 30.8 Å². The Labute approximate surface area is 173 Å². The van der Waals surface area contributed by atoms with E-state index in [9.17, 15) is 9.59 Å². The molecule has 2 rings (SSSR count). The lowest BCUT2D eigenvalue weighted by Crippen LogP contribution is -2.41. The van der Waals surface area contributed by atoms with Crippen LogP contribution in [0.1, 0.15) is 39.7 Å². The zero-order chi connectivity index (χ0) is 21.4. The summed E-state index contributed by atoms with van der Waals surface area (Å²) in [5.74, 6) is -0.621. The molecular weight excluding hydrogens is 366 g/mol. The Bertz CT molecular complexity index is 794. The number of hydrogen-bond donors (Lipinski definition) is 1. The summed E-state index contributed by atoms with van der Waals surface area (Å²) >= 11 is 0. The minimum Gasteiger partial charge on any atom is -0.469 e. The maximum absolute atomic E-state index is 12.3. The Morgan fingerprint density at radius 2 is 1.55 bits per heavy atom. The fourth-order valence-electron chi connectivity index (χ4n) is 3.14. The molecule has 0 aromatic heterocycles. The van der Waals surface area contributed by atoms with Gasteiger partial charge in [0, 0.05) is 6.04 Å². The van der Waals surface area contributed by atoms with Crippen LogP contribution in [0.2, 0.25) is 0 Å². The van der Waals surface area contributed by atoms with Gasteiger partial charge in [-0.1, -0.05) is 61.5 Å². The molecule has 0 saturated carbocycles. The molecule has 0 spiro atoms. The standard InChI is InChI=1S/C24H31NO4/c1-17(22(26)28-5)15-21(25-23(27)29-24(2,3)4)16-18-11-13-20(14-12-18)19-9-7-6-8-10-19/h6-14,17,21H,15-16H2,1-5H3,(H,25,27)/t17-,21-/m0/s1. The van der Waals surface area contributed by atoms with Crippen LogP contribution in [0, 0.1) is 5.92 Å². The molecule has 5 heteroatoms. The van der Waals surface area contributed by atoms with Crippen LogP contribution in [0.25, 0.3) is 11.1 Å². The number of amides is 1. The zero-order valence-corrected chi connectivity index (χ0v) is 17.9. The molecular formula is C24H31NO4. The van der Waals surface area contributed by atoms with E-state index < -0.39 is 11.7 Å². The third kappa shape index (κ3) is 7.60. The normalized spacial score (nSPS) is 13.3. The van der Waals surface area contributed by atoms with E-state index in [0.29, 0.717) is 12.8 Å². The Kier molecular flexibility index (Phi) is 7.82. The minimum absolute atomic E-state index is 0.249. The van der Waals surface area contributed by atoms with E-state index >= 15 is 0 Å². The number of alkyl carbamates (subject to hydrolysis) is 1. The Morgan fingerprint density at radius 1 is 0.966 bits per heavy atom. The first-order valence-electron chi connectivity index (χ1n) is 9.89. The van der Waals surface area contributed by atoms with Crippen molar-refractivity contribution in [3.63, 3.8) is 0 Å². The molecule has 0 aliphatic heterocycles. The van der Waals surface area contributed by atoms with Gasteiger partial charge in [0.15, 0.2) is 0 Å². The number of esters is 1. The molecule has 0 aliphatic rings. The van der Waals surface area contributed by atoms with Crippen molar-refractivity contribution in [3.8, 4) is 11.1 Å². The van der Waals surface area contributed by atoms with Crippen LogP contribution >= 0.6 is 0 Å². The van der Waals surface area contributed by atoms with E-state index in [2.05, 4.69) is 41.7 Å². The molecule has 2 aromatic carbocycles. The van der Waals surface area contributed by atoms with Gasteiger partial charge >= 0.3 is 12.1 Å². The second-order valence-electron chi connectivity index (χ2n) is 8.27. The number of rotatable bonds is 7. The summed E-state index contributed by atoms with van der Waals surface area (Å²) in [6, 6.07) is 18.1. The molecule has 0 unspecified atom stereocenters. The molecule has 156 valence electrons. The van der Waals surface area contributed by atoms with Gasteiger partial charge in [0.1, 0.15) is 5.60 Å². The van der Waals surface area contributed by atoms with Crippen molar-refractivity contribution in [1.82, 2.24) is 5.32 Å². The molecule has 0 saturated heterocycles. The van der Waals surface area contributed by atoms with E-state index in [4.69, 9.17) is 9.47 Å². The highest BCUT2D eigenvalue weighted by molar-refractivity contribution is 5.72. The van der Waals surface area contributed by atoms with Crippen molar-refractivity contribution in [2.75, 3.05) is 7.11 Å².